The predicted molar refractivity (Wildman–Crippen MR) is 70.5 cm³/mol. The van der Waals surface area contributed by atoms with Crippen LogP contribution in [0.2, 0.25) is 5.02 Å². The highest BCUT2D eigenvalue weighted by Gasteiger charge is 2.42. The zero-order valence-electron chi connectivity index (χ0n) is 10.6. The molecule has 1 aliphatic heterocycles. The molecule has 1 fully saturated rings. The standard InChI is InChI=1S/C12H13ClFNO4S/c1-7-9(12(16)17)4-5-15(7)20(18,19)11-6-8(14)2-3-10(11)13/h2-3,6-7,9H,4-5H2,1H3,(H,16,17). The fourth-order valence-corrected chi connectivity index (χ4v) is 4.55. The molecule has 0 radical (unpaired) electrons. The van der Waals surface area contributed by atoms with E-state index in [2.05, 4.69) is 0 Å². The summed E-state index contributed by atoms with van der Waals surface area (Å²) in [6.07, 6.45) is 0.225. The van der Waals surface area contributed by atoms with Crippen LogP contribution in [0.5, 0.6) is 0 Å². The molecule has 8 heteroatoms. The molecule has 0 spiro atoms. The molecule has 0 amide bonds. The molecule has 0 aromatic heterocycles. The minimum Gasteiger partial charge on any atom is -0.481 e. The number of carboxylic acids is 1. The average Bonchev–Trinajstić information content (AvgIpc) is 2.74. The monoisotopic (exact) mass is 321 g/mol. The highest BCUT2D eigenvalue weighted by molar-refractivity contribution is 7.89. The van der Waals surface area contributed by atoms with Crippen molar-refractivity contribution >= 4 is 27.6 Å². The van der Waals surface area contributed by atoms with Crippen LogP contribution in [0, 0.1) is 11.7 Å². The van der Waals surface area contributed by atoms with Gasteiger partial charge in [0.25, 0.3) is 0 Å². The van der Waals surface area contributed by atoms with Gasteiger partial charge in [-0.15, -0.1) is 0 Å². The van der Waals surface area contributed by atoms with Crippen molar-refractivity contribution in [1.82, 2.24) is 4.31 Å². The van der Waals surface area contributed by atoms with E-state index < -0.39 is 33.8 Å². The molecule has 2 unspecified atom stereocenters. The van der Waals surface area contributed by atoms with Gasteiger partial charge in [-0.2, -0.15) is 4.31 Å². The summed E-state index contributed by atoms with van der Waals surface area (Å²) in [6, 6.07) is 2.38. The number of hydrogen-bond acceptors (Lipinski definition) is 3. The minimum atomic E-state index is -4.01. The minimum absolute atomic E-state index is 0.0767. The zero-order chi connectivity index (χ0) is 15.1. The van der Waals surface area contributed by atoms with Crippen LogP contribution in [-0.2, 0) is 14.8 Å². The Morgan fingerprint density at radius 2 is 2.15 bits per heavy atom. The summed E-state index contributed by atoms with van der Waals surface area (Å²) in [7, 11) is -4.01. The van der Waals surface area contributed by atoms with Crippen LogP contribution in [0.15, 0.2) is 23.1 Å². The second-order valence-corrected chi connectivity index (χ2v) is 6.93. The fourth-order valence-electron chi connectivity index (χ4n) is 2.38. The molecule has 1 aliphatic rings. The van der Waals surface area contributed by atoms with Crippen molar-refractivity contribution in [2.75, 3.05) is 6.54 Å². The number of nitrogens with zero attached hydrogens (tertiary/aromatic N) is 1. The van der Waals surface area contributed by atoms with Gasteiger partial charge >= 0.3 is 5.97 Å². The van der Waals surface area contributed by atoms with E-state index in [1.54, 1.807) is 0 Å². The van der Waals surface area contributed by atoms with Crippen LogP contribution in [-0.4, -0.2) is 36.4 Å². The number of carbonyl (C=O) groups is 1. The third kappa shape index (κ3) is 2.53. The van der Waals surface area contributed by atoms with E-state index in [1.165, 1.54) is 13.0 Å². The summed E-state index contributed by atoms with van der Waals surface area (Å²) in [6.45, 7) is 1.60. The molecular weight excluding hydrogens is 309 g/mol. The second kappa shape index (κ2) is 5.31. The maximum absolute atomic E-state index is 13.2. The van der Waals surface area contributed by atoms with Gasteiger partial charge in [-0.3, -0.25) is 4.79 Å². The van der Waals surface area contributed by atoms with Gasteiger partial charge in [-0.1, -0.05) is 11.6 Å². The first kappa shape index (κ1) is 15.2. The van der Waals surface area contributed by atoms with E-state index in [-0.39, 0.29) is 22.9 Å². The quantitative estimate of drug-likeness (QED) is 0.923. The molecule has 2 atom stereocenters. The Labute approximate surface area is 121 Å². The van der Waals surface area contributed by atoms with Crippen molar-refractivity contribution in [2.45, 2.75) is 24.3 Å². The summed E-state index contributed by atoms with van der Waals surface area (Å²) >= 11 is 5.82. The topological polar surface area (TPSA) is 74.7 Å². The van der Waals surface area contributed by atoms with Gasteiger partial charge in [-0.25, -0.2) is 12.8 Å². The smallest absolute Gasteiger partial charge is 0.308 e. The molecule has 1 aromatic carbocycles. The molecule has 1 aromatic rings. The molecule has 1 saturated heterocycles. The molecule has 20 heavy (non-hydrogen) atoms. The number of sulfonamides is 1. The first-order valence-corrected chi connectivity index (χ1v) is 7.76. The molecule has 110 valence electrons. The third-order valence-corrected chi connectivity index (χ3v) is 5.96. The Bertz CT molecular complexity index is 649. The van der Waals surface area contributed by atoms with Crippen LogP contribution in [0.1, 0.15) is 13.3 Å². The van der Waals surface area contributed by atoms with Crippen molar-refractivity contribution in [3.05, 3.63) is 29.0 Å². The maximum Gasteiger partial charge on any atom is 0.308 e. The Morgan fingerprint density at radius 1 is 1.50 bits per heavy atom. The van der Waals surface area contributed by atoms with Crippen molar-refractivity contribution in [1.29, 1.82) is 0 Å². The first-order valence-electron chi connectivity index (χ1n) is 5.95. The SMILES string of the molecule is CC1C(C(=O)O)CCN1S(=O)(=O)c1cc(F)ccc1Cl. The lowest BCUT2D eigenvalue weighted by Crippen LogP contribution is -2.37. The van der Waals surface area contributed by atoms with Gasteiger partial charge < -0.3 is 5.11 Å². The van der Waals surface area contributed by atoms with Gasteiger partial charge in [0.2, 0.25) is 10.0 Å². The van der Waals surface area contributed by atoms with E-state index >= 15 is 0 Å². The van der Waals surface area contributed by atoms with E-state index in [0.717, 1.165) is 16.4 Å². The van der Waals surface area contributed by atoms with E-state index in [1.807, 2.05) is 0 Å². The lowest BCUT2D eigenvalue weighted by Gasteiger charge is -2.23. The van der Waals surface area contributed by atoms with E-state index in [4.69, 9.17) is 16.7 Å². The number of halogens is 2. The normalized spacial score (nSPS) is 23.9. The second-order valence-electron chi connectivity index (χ2n) is 4.66. The van der Waals surface area contributed by atoms with Gasteiger partial charge in [0.15, 0.2) is 0 Å². The highest BCUT2D eigenvalue weighted by atomic mass is 35.5. The molecule has 1 heterocycles. The predicted octanol–water partition coefficient (Wildman–Crippen LogP) is 1.96. The average molecular weight is 322 g/mol. The van der Waals surface area contributed by atoms with Crippen molar-refractivity contribution in [3.63, 3.8) is 0 Å². The molecular formula is C12H13ClFNO4S. The summed E-state index contributed by atoms with van der Waals surface area (Å²) in [4.78, 5) is 10.7. The molecule has 0 saturated carbocycles. The largest absolute Gasteiger partial charge is 0.481 e. The van der Waals surface area contributed by atoms with E-state index in [9.17, 15) is 17.6 Å². The van der Waals surface area contributed by atoms with Gasteiger partial charge in [0, 0.05) is 12.6 Å². The summed E-state index contributed by atoms with van der Waals surface area (Å²) in [5.74, 6) is -2.52. The Kier molecular flexibility index (Phi) is 4.04. The first-order chi connectivity index (χ1) is 9.25. The lowest BCUT2D eigenvalue weighted by atomic mass is 10.0. The number of carboxylic acid groups (broad SMARTS) is 1. The zero-order valence-corrected chi connectivity index (χ0v) is 12.2. The number of benzene rings is 1. The number of aliphatic carboxylic acids is 1. The van der Waals surface area contributed by atoms with Gasteiger partial charge in [-0.05, 0) is 31.5 Å². The summed E-state index contributed by atoms with van der Waals surface area (Å²) < 4.78 is 39.2. The third-order valence-electron chi connectivity index (χ3n) is 3.49. The summed E-state index contributed by atoms with van der Waals surface area (Å²) in [5, 5.41) is 8.94. The molecule has 5 nitrogen and oxygen atoms in total. The van der Waals surface area contributed by atoms with Crippen molar-refractivity contribution < 1.29 is 22.7 Å². The molecule has 2 rings (SSSR count). The fraction of sp³-hybridized carbons (Fsp3) is 0.417. The van der Waals surface area contributed by atoms with Crippen LogP contribution in [0.4, 0.5) is 4.39 Å². The van der Waals surface area contributed by atoms with Crippen LogP contribution in [0.3, 0.4) is 0 Å². The number of hydrogen-bond donors (Lipinski definition) is 1. The Morgan fingerprint density at radius 3 is 2.70 bits per heavy atom. The van der Waals surface area contributed by atoms with Crippen LogP contribution < -0.4 is 0 Å². The van der Waals surface area contributed by atoms with Gasteiger partial charge in [0.05, 0.1) is 10.9 Å². The van der Waals surface area contributed by atoms with Crippen LogP contribution in [0.25, 0.3) is 0 Å². The summed E-state index contributed by atoms with van der Waals surface area (Å²) in [5.41, 5.74) is 0. The van der Waals surface area contributed by atoms with Gasteiger partial charge in [0.1, 0.15) is 10.7 Å². The molecule has 0 bridgehead atoms. The van der Waals surface area contributed by atoms with Crippen LogP contribution >= 0.6 is 11.6 Å². The number of rotatable bonds is 3. The maximum atomic E-state index is 13.2. The van der Waals surface area contributed by atoms with Crippen molar-refractivity contribution in [3.8, 4) is 0 Å². The Hall–Kier alpha value is -1.18. The highest BCUT2D eigenvalue weighted by Crippen LogP contribution is 2.33. The lowest BCUT2D eigenvalue weighted by molar-refractivity contribution is -0.142. The molecule has 0 aliphatic carbocycles. The molecule has 1 N–H and O–H groups in total. The Balaban J connectivity index is 2.41. The van der Waals surface area contributed by atoms with E-state index in [0.29, 0.717) is 0 Å². The van der Waals surface area contributed by atoms with Crippen molar-refractivity contribution in [2.24, 2.45) is 5.92 Å².